The first-order valence-corrected chi connectivity index (χ1v) is 8.16. The monoisotopic (exact) mass is 326 g/mol. The fourth-order valence-corrected chi connectivity index (χ4v) is 3.15. The van der Waals surface area contributed by atoms with E-state index in [-0.39, 0.29) is 24.3 Å². The van der Waals surface area contributed by atoms with Crippen molar-refractivity contribution in [1.29, 1.82) is 0 Å². The molecule has 6 nitrogen and oxygen atoms in total. The average molecular weight is 326 g/mol. The summed E-state index contributed by atoms with van der Waals surface area (Å²) in [6, 6.07) is 9.50. The molecule has 0 bridgehead atoms. The van der Waals surface area contributed by atoms with E-state index in [1.165, 1.54) is 0 Å². The smallest absolute Gasteiger partial charge is 0.231 e. The van der Waals surface area contributed by atoms with Gasteiger partial charge in [-0.15, -0.1) is 0 Å². The highest BCUT2D eigenvalue weighted by atomic mass is 16.2. The summed E-state index contributed by atoms with van der Waals surface area (Å²) in [4.78, 5) is 26.5. The summed E-state index contributed by atoms with van der Waals surface area (Å²) in [6.45, 7) is 4.74. The number of likely N-dealkylation sites (tertiary alicyclic amines) is 1. The van der Waals surface area contributed by atoms with E-state index in [4.69, 9.17) is 0 Å². The van der Waals surface area contributed by atoms with Crippen LogP contribution in [0.15, 0.2) is 36.5 Å². The molecule has 2 aromatic rings. The Labute approximate surface area is 141 Å². The maximum Gasteiger partial charge on any atom is 0.231 e. The van der Waals surface area contributed by atoms with Gasteiger partial charge in [0, 0.05) is 32.3 Å². The van der Waals surface area contributed by atoms with Crippen LogP contribution < -0.4 is 5.32 Å². The molecule has 2 amide bonds. The average Bonchev–Trinajstić information content (AvgIpc) is 3.14. The zero-order chi connectivity index (χ0) is 17.3. The lowest BCUT2D eigenvalue weighted by Gasteiger charge is -2.24. The van der Waals surface area contributed by atoms with Crippen LogP contribution in [0.5, 0.6) is 0 Å². The Balaban J connectivity index is 1.82. The zero-order valence-corrected chi connectivity index (χ0v) is 14.2. The van der Waals surface area contributed by atoms with Gasteiger partial charge in [-0.2, -0.15) is 5.10 Å². The van der Waals surface area contributed by atoms with Crippen molar-refractivity contribution in [3.05, 3.63) is 47.7 Å². The molecule has 1 aliphatic rings. The molecule has 1 fully saturated rings. The highest BCUT2D eigenvalue weighted by Crippen LogP contribution is 2.37. The quantitative estimate of drug-likeness (QED) is 0.938. The third-order valence-corrected chi connectivity index (χ3v) is 4.56. The number of hydrogen-bond donors (Lipinski definition) is 1. The number of aromatic nitrogens is 2. The second-order valence-electron chi connectivity index (χ2n) is 6.22. The van der Waals surface area contributed by atoms with Crippen molar-refractivity contribution in [2.24, 2.45) is 5.92 Å². The summed E-state index contributed by atoms with van der Waals surface area (Å²) in [6.07, 6.45) is 2.04. The normalized spacial score (nSPS) is 20.5. The van der Waals surface area contributed by atoms with Crippen molar-refractivity contribution >= 4 is 17.6 Å². The summed E-state index contributed by atoms with van der Waals surface area (Å²) < 4.78 is 1.75. The van der Waals surface area contributed by atoms with Gasteiger partial charge in [0.2, 0.25) is 11.8 Å². The molecule has 6 heteroatoms. The molecule has 1 aromatic heterocycles. The van der Waals surface area contributed by atoms with Gasteiger partial charge >= 0.3 is 0 Å². The molecule has 3 rings (SSSR count). The number of anilines is 1. The van der Waals surface area contributed by atoms with Crippen LogP contribution in [-0.4, -0.2) is 33.5 Å². The van der Waals surface area contributed by atoms with E-state index in [0.717, 1.165) is 17.7 Å². The van der Waals surface area contributed by atoms with Crippen molar-refractivity contribution in [2.45, 2.75) is 32.9 Å². The van der Waals surface area contributed by atoms with Crippen molar-refractivity contribution in [3.8, 4) is 0 Å². The molecule has 1 N–H and O–H groups in total. The summed E-state index contributed by atoms with van der Waals surface area (Å²) in [5.74, 6) is -0.0806. The van der Waals surface area contributed by atoms with Gasteiger partial charge in [-0.1, -0.05) is 29.8 Å². The van der Waals surface area contributed by atoms with E-state index in [1.54, 1.807) is 22.7 Å². The molecule has 1 aromatic carbocycles. The van der Waals surface area contributed by atoms with Crippen LogP contribution in [0.25, 0.3) is 0 Å². The lowest BCUT2D eigenvalue weighted by Crippen LogP contribution is -2.30. The predicted octanol–water partition coefficient (Wildman–Crippen LogP) is 2.37. The number of carbonyl (C=O) groups is 2. The van der Waals surface area contributed by atoms with E-state index in [9.17, 15) is 9.59 Å². The molecule has 2 heterocycles. The maximum absolute atomic E-state index is 12.7. The number of benzene rings is 1. The molecule has 1 saturated heterocycles. The van der Waals surface area contributed by atoms with Crippen LogP contribution >= 0.6 is 0 Å². The third kappa shape index (κ3) is 3.04. The first-order valence-electron chi connectivity index (χ1n) is 8.16. The summed E-state index contributed by atoms with van der Waals surface area (Å²) >= 11 is 0. The minimum Gasteiger partial charge on any atom is -0.338 e. The molecule has 24 heavy (non-hydrogen) atoms. The van der Waals surface area contributed by atoms with Crippen LogP contribution in [0.1, 0.15) is 30.5 Å². The lowest BCUT2D eigenvalue weighted by molar-refractivity contribution is -0.127. The van der Waals surface area contributed by atoms with Crippen LogP contribution in [0.2, 0.25) is 0 Å². The van der Waals surface area contributed by atoms with Gasteiger partial charge in [-0.25, -0.2) is 0 Å². The molecule has 0 saturated carbocycles. The Kier molecular flexibility index (Phi) is 4.38. The van der Waals surface area contributed by atoms with Crippen molar-refractivity contribution < 1.29 is 9.59 Å². The topological polar surface area (TPSA) is 67.2 Å². The van der Waals surface area contributed by atoms with E-state index >= 15 is 0 Å². The highest BCUT2D eigenvalue weighted by Gasteiger charge is 2.42. The molecule has 2 atom stereocenters. The predicted molar refractivity (Wildman–Crippen MR) is 91.3 cm³/mol. The number of hydrogen-bond acceptors (Lipinski definition) is 3. The van der Waals surface area contributed by atoms with Crippen LogP contribution in [0.4, 0.5) is 5.82 Å². The SMILES string of the molecule is CCn1ccc(NC(=O)[C@@H]2CC(=O)N(C)[C@H]2c2ccc(C)cc2)n1. The van der Waals surface area contributed by atoms with E-state index < -0.39 is 5.92 Å². The Morgan fingerprint density at radius 3 is 2.62 bits per heavy atom. The minimum absolute atomic E-state index is 0.0141. The molecule has 0 spiro atoms. The van der Waals surface area contributed by atoms with E-state index in [2.05, 4.69) is 10.4 Å². The van der Waals surface area contributed by atoms with E-state index in [0.29, 0.717) is 5.82 Å². The number of nitrogens with zero attached hydrogens (tertiary/aromatic N) is 3. The van der Waals surface area contributed by atoms with Crippen LogP contribution in [-0.2, 0) is 16.1 Å². The van der Waals surface area contributed by atoms with Crippen LogP contribution in [0, 0.1) is 12.8 Å². The molecular formula is C18H22N4O2. The van der Waals surface area contributed by atoms with Gasteiger partial charge in [-0.3, -0.25) is 14.3 Å². The Morgan fingerprint density at radius 1 is 1.29 bits per heavy atom. The second kappa shape index (κ2) is 6.47. The van der Waals surface area contributed by atoms with Gasteiger partial charge in [0.1, 0.15) is 0 Å². The lowest BCUT2D eigenvalue weighted by atomic mass is 9.92. The summed E-state index contributed by atoms with van der Waals surface area (Å²) in [5, 5.41) is 7.11. The second-order valence-corrected chi connectivity index (χ2v) is 6.22. The van der Waals surface area contributed by atoms with Crippen molar-refractivity contribution in [1.82, 2.24) is 14.7 Å². The fourth-order valence-electron chi connectivity index (χ4n) is 3.15. The first-order chi connectivity index (χ1) is 11.5. The Morgan fingerprint density at radius 2 is 2.00 bits per heavy atom. The van der Waals surface area contributed by atoms with Gasteiger partial charge in [0.05, 0.1) is 12.0 Å². The largest absolute Gasteiger partial charge is 0.338 e. The Hall–Kier alpha value is -2.63. The minimum atomic E-state index is -0.419. The number of nitrogens with one attached hydrogen (secondary N) is 1. The highest BCUT2D eigenvalue weighted by molar-refractivity contribution is 5.97. The number of carbonyl (C=O) groups excluding carboxylic acids is 2. The standard InChI is InChI=1S/C18H22N4O2/c1-4-22-10-9-15(20-22)19-18(24)14-11-16(23)21(3)17(14)13-7-5-12(2)6-8-13/h5-10,14,17H,4,11H2,1-3H3,(H,19,20,24)/t14-,17+/m1/s1. The molecule has 0 aliphatic carbocycles. The summed E-state index contributed by atoms with van der Waals surface area (Å²) in [5.41, 5.74) is 2.13. The summed E-state index contributed by atoms with van der Waals surface area (Å²) in [7, 11) is 1.76. The zero-order valence-electron chi connectivity index (χ0n) is 14.2. The van der Waals surface area contributed by atoms with Gasteiger partial charge in [-0.05, 0) is 19.4 Å². The molecule has 0 unspecified atom stereocenters. The first kappa shape index (κ1) is 16.2. The fraction of sp³-hybridized carbons (Fsp3) is 0.389. The maximum atomic E-state index is 12.7. The van der Waals surface area contributed by atoms with Crippen LogP contribution in [0.3, 0.4) is 0 Å². The van der Waals surface area contributed by atoms with Gasteiger partial charge < -0.3 is 10.2 Å². The van der Waals surface area contributed by atoms with E-state index in [1.807, 2.05) is 44.3 Å². The number of rotatable bonds is 4. The van der Waals surface area contributed by atoms with Crippen molar-refractivity contribution in [3.63, 3.8) is 0 Å². The van der Waals surface area contributed by atoms with Crippen molar-refractivity contribution in [2.75, 3.05) is 12.4 Å². The molecular weight excluding hydrogens is 304 g/mol. The third-order valence-electron chi connectivity index (χ3n) is 4.56. The molecule has 1 aliphatic heterocycles. The van der Waals surface area contributed by atoms with Gasteiger partial charge in [0.15, 0.2) is 5.82 Å². The molecule has 0 radical (unpaired) electrons. The number of aryl methyl sites for hydroxylation is 2. The Bertz CT molecular complexity index is 751. The number of amides is 2. The molecule has 126 valence electrons. The van der Waals surface area contributed by atoms with Gasteiger partial charge in [0.25, 0.3) is 0 Å².